The van der Waals surface area contributed by atoms with Crippen molar-refractivity contribution in [1.29, 1.82) is 0 Å². The fourth-order valence-corrected chi connectivity index (χ4v) is 3.75. The molecule has 0 aliphatic carbocycles. The zero-order chi connectivity index (χ0) is 18.8. The Morgan fingerprint density at radius 1 is 1.15 bits per heavy atom. The van der Waals surface area contributed by atoms with Crippen molar-refractivity contribution >= 4 is 5.91 Å². The fraction of sp³-hybridized carbons (Fsp3) is 0.350. The van der Waals surface area contributed by atoms with E-state index in [1.807, 2.05) is 65.2 Å². The number of aromatic nitrogens is 4. The minimum absolute atomic E-state index is 0.0599. The van der Waals surface area contributed by atoms with Crippen LogP contribution >= 0.6 is 0 Å². The summed E-state index contributed by atoms with van der Waals surface area (Å²) in [6.07, 6.45) is 3.48. The summed E-state index contributed by atoms with van der Waals surface area (Å²) in [4.78, 5) is 26.8. The highest BCUT2D eigenvalue weighted by Gasteiger charge is 2.28. The van der Waals surface area contributed by atoms with Gasteiger partial charge in [-0.15, -0.1) is 0 Å². The highest BCUT2D eigenvalue weighted by atomic mass is 16.2. The first-order valence-electron chi connectivity index (χ1n) is 9.23. The monoisotopic (exact) mass is 365 g/mol. The van der Waals surface area contributed by atoms with Gasteiger partial charge >= 0.3 is 5.69 Å². The van der Waals surface area contributed by atoms with Gasteiger partial charge in [-0.25, -0.2) is 9.89 Å². The second-order valence-electron chi connectivity index (χ2n) is 7.03. The summed E-state index contributed by atoms with van der Waals surface area (Å²) in [6, 6.07) is 13.6. The Kier molecular flexibility index (Phi) is 4.66. The molecule has 0 spiro atoms. The molecule has 0 atom stereocenters. The molecule has 2 aromatic heterocycles. The molecule has 0 bridgehead atoms. The Balaban J connectivity index is 1.47. The van der Waals surface area contributed by atoms with Crippen LogP contribution in [0.1, 0.15) is 40.6 Å². The molecular weight excluding hydrogens is 342 g/mol. The predicted octanol–water partition coefficient (Wildman–Crippen LogP) is 1.98. The van der Waals surface area contributed by atoms with Gasteiger partial charge in [0.05, 0.1) is 6.54 Å². The Hall–Kier alpha value is -3.09. The van der Waals surface area contributed by atoms with E-state index in [-0.39, 0.29) is 17.5 Å². The third-order valence-electron chi connectivity index (χ3n) is 5.28. The number of aryl methyl sites for hydroxylation is 1. The number of likely N-dealkylation sites (tertiary alicyclic amines) is 1. The first-order chi connectivity index (χ1) is 13.1. The van der Waals surface area contributed by atoms with Crippen LogP contribution in [0.2, 0.25) is 0 Å². The van der Waals surface area contributed by atoms with E-state index in [1.54, 1.807) is 4.57 Å². The summed E-state index contributed by atoms with van der Waals surface area (Å²) in [5.74, 6) is 1.02. The normalized spacial score (nSPS) is 15.2. The summed E-state index contributed by atoms with van der Waals surface area (Å²) in [6.45, 7) is 1.84. The lowest BCUT2D eigenvalue weighted by atomic mass is 9.95. The van der Waals surface area contributed by atoms with E-state index in [0.717, 1.165) is 24.2 Å². The first-order valence-corrected chi connectivity index (χ1v) is 9.23. The van der Waals surface area contributed by atoms with Gasteiger partial charge in [0.1, 0.15) is 11.5 Å². The zero-order valence-electron chi connectivity index (χ0n) is 15.3. The van der Waals surface area contributed by atoms with E-state index in [4.69, 9.17) is 0 Å². The van der Waals surface area contributed by atoms with Crippen LogP contribution < -0.4 is 5.69 Å². The average Bonchev–Trinajstić information content (AvgIpc) is 3.28. The molecule has 1 aromatic carbocycles. The first kappa shape index (κ1) is 17.3. The predicted molar refractivity (Wildman–Crippen MR) is 102 cm³/mol. The number of hydrogen-bond acceptors (Lipinski definition) is 3. The molecule has 0 saturated carbocycles. The number of piperidine rings is 1. The fourth-order valence-electron chi connectivity index (χ4n) is 3.75. The molecule has 1 N–H and O–H groups in total. The van der Waals surface area contributed by atoms with Gasteiger partial charge in [-0.1, -0.05) is 30.3 Å². The Bertz CT molecular complexity index is 977. The third-order valence-corrected chi connectivity index (χ3v) is 5.28. The van der Waals surface area contributed by atoms with Gasteiger partial charge in [-0.3, -0.25) is 9.36 Å². The standard InChI is InChI=1S/C20H23N5O2/c1-23-11-5-8-17(23)19(26)24-12-9-16(10-13-24)18-21-22-20(27)25(18)14-15-6-3-2-4-7-15/h2-8,11,16H,9-10,12-14H2,1H3,(H,22,27). The molecule has 3 aromatic rings. The van der Waals surface area contributed by atoms with Crippen molar-refractivity contribution in [3.05, 3.63) is 76.2 Å². The molecule has 1 aliphatic rings. The third kappa shape index (κ3) is 3.45. The van der Waals surface area contributed by atoms with Crippen LogP contribution in [0.4, 0.5) is 0 Å². The van der Waals surface area contributed by atoms with E-state index >= 15 is 0 Å². The number of carbonyl (C=O) groups excluding carboxylic acids is 1. The number of amides is 1. The lowest BCUT2D eigenvalue weighted by Crippen LogP contribution is -2.39. The Morgan fingerprint density at radius 3 is 2.56 bits per heavy atom. The number of hydrogen-bond donors (Lipinski definition) is 1. The van der Waals surface area contributed by atoms with E-state index in [2.05, 4.69) is 10.2 Å². The van der Waals surface area contributed by atoms with Crippen molar-refractivity contribution < 1.29 is 4.79 Å². The molecule has 1 fully saturated rings. The molecule has 7 nitrogen and oxygen atoms in total. The second-order valence-corrected chi connectivity index (χ2v) is 7.03. The Labute approximate surface area is 157 Å². The van der Waals surface area contributed by atoms with E-state index in [9.17, 15) is 9.59 Å². The van der Waals surface area contributed by atoms with Crippen molar-refractivity contribution in [2.24, 2.45) is 7.05 Å². The van der Waals surface area contributed by atoms with Gasteiger partial charge in [0.15, 0.2) is 0 Å². The number of rotatable bonds is 4. The van der Waals surface area contributed by atoms with Gasteiger partial charge in [0, 0.05) is 32.3 Å². The number of benzene rings is 1. The van der Waals surface area contributed by atoms with Crippen molar-refractivity contribution in [2.45, 2.75) is 25.3 Å². The number of H-pyrrole nitrogens is 1. The van der Waals surface area contributed by atoms with Crippen LogP contribution in [0.5, 0.6) is 0 Å². The number of nitrogens with zero attached hydrogens (tertiary/aromatic N) is 4. The van der Waals surface area contributed by atoms with Gasteiger partial charge in [-0.05, 0) is 30.5 Å². The van der Waals surface area contributed by atoms with Gasteiger partial charge in [0.2, 0.25) is 0 Å². The maximum absolute atomic E-state index is 12.7. The number of nitrogens with one attached hydrogen (secondary N) is 1. The Morgan fingerprint density at radius 2 is 1.89 bits per heavy atom. The topological polar surface area (TPSA) is 75.9 Å². The molecule has 0 unspecified atom stereocenters. The van der Waals surface area contributed by atoms with Gasteiger partial charge in [-0.2, -0.15) is 5.10 Å². The van der Waals surface area contributed by atoms with Crippen molar-refractivity contribution in [3.63, 3.8) is 0 Å². The molecular formula is C20H23N5O2. The van der Waals surface area contributed by atoms with Crippen molar-refractivity contribution in [1.82, 2.24) is 24.2 Å². The molecule has 1 aliphatic heterocycles. The SMILES string of the molecule is Cn1cccc1C(=O)N1CCC(c2n[nH]c(=O)n2Cc2ccccc2)CC1. The maximum Gasteiger partial charge on any atom is 0.343 e. The van der Waals surface area contributed by atoms with Gasteiger partial charge in [0.25, 0.3) is 5.91 Å². The average molecular weight is 365 g/mol. The summed E-state index contributed by atoms with van der Waals surface area (Å²) in [7, 11) is 1.88. The molecule has 140 valence electrons. The molecule has 0 radical (unpaired) electrons. The number of carbonyl (C=O) groups is 1. The second kappa shape index (κ2) is 7.26. The minimum Gasteiger partial charge on any atom is -0.347 e. The minimum atomic E-state index is -0.184. The van der Waals surface area contributed by atoms with Crippen LogP contribution in [0, 0.1) is 0 Å². The van der Waals surface area contributed by atoms with E-state index in [1.165, 1.54) is 0 Å². The summed E-state index contributed by atoms with van der Waals surface area (Å²) in [5.41, 5.74) is 1.59. The number of aromatic amines is 1. The lowest BCUT2D eigenvalue weighted by Gasteiger charge is -2.31. The highest BCUT2D eigenvalue weighted by Crippen LogP contribution is 2.27. The molecule has 27 heavy (non-hydrogen) atoms. The van der Waals surface area contributed by atoms with Crippen LogP contribution in [-0.4, -0.2) is 43.2 Å². The lowest BCUT2D eigenvalue weighted by molar-refractivity contribution is 0.0700. The summed E-state index contributed by atoms with van der Waals surface area (Å²) >= 11 is 0. The molecule has 1 amide bonds. The quantitative estimate of drug-likeness (QED) is 0.768. The van der Waals surface area contributed by atoms with Crippen molar-refractivity contribution in [3.8, 4) is 0 Å². The summed E-state index contributed by atoms with van der Waals surface area (Å²) in [5, 5.41) is 6.88. The smallest absolute Gasteiger partial charge is 0.343 e. The van der Waals surface area contributed by atoms with Crippen LogP contribution in [0.25, 0.3) is 0 Å². The van der Waals surface area contributed by atoms with E-state index in [0.29, 0.717) is 25.3 Å². The van der Waals surface area contributed by atoms with Crippen LogP contribution in [0.15, 0.2) is 53.5 Å². The van der Waals surface area contributed by atoms with Crippen LogP contribution in [-0.2, 0) is 13.6 Å². The molecule has 4 rings (SSSR count). The molecule has 1 saturated heterocycles. The van der Waals surface area contributed by atoms with Gasteiger partial charge < -0.3 is 9.47 Å². The zero-order valence-corrected chi connectivity index (χ0v) is 15.3. The molecule has 3 heterocycles. The highest BCUT2D eigenvalue weighted by molar-refractivity contribution is 5.92. The maximum atomic E-state index is 12.7. The van der Waals surface area contributed by atoms with Crippen molar-refractivity contribution in [2.75, 3.05) is 13.1 Å². The summed E-state index contributed by atoms with van der Waals surface area (Å²) < 4.78 is 3.56. The molecule has 7 heteroatoms. The van der Waals surface area contributed by atoms with E-state index < -0.39 is 0 Å². The van der Waals surface area contributed by atoms with Crippen LogP contribution in [0.3, 0.4) is 0 Å². The largest absolute Gasteiger partial charge is 0.347 e.